The van der Waals surface area contributed by atoms with Crippen LogP contribution in [0.3, 0.4) is 0 Å². The molecule has 12 atom stereocenters. The van der Waals surface area contributed by atoms with Crippen molar-refractivity contribution < 1.29 is 64.6 Å². The summed E-state index contributed by atoms with van der Waals surface area (Å²) in [5.41, 5.74) is 0. The quantitative estimate of drug-likeness (QED) is 0.0204. The van der Waals surface area contributed by atoms with Gasteiger partial charge >= 0.3 is 0 Å². The lowest BCUT2D eigenvalue weighted by atomic mass is 9.97. The van der Waals surface area contributed by atoms with Gasteiger partial charge in [-0.25, -0.2) is 0 Å². The molecule has 0 aromatic carbocycles. The Hall–Kier alpha value is -3.87. The second kappa shape index (κ2) is 58.0. The highest BCUT2D eigenvalue weighted by Crippen LogP contribution is 2.30. The summed E-state index contributed by atoms with van der Waals surface area (Å²) in [6, 6.07) is -0.844. The van der Waals surface area contributed by atoms with Crippen molar-refractivity contribution in [2.75, 3.05) is 19.8 Å². The number of aliphatic hydroxyl groups excluding tert-OH is 8. The summed E-state index contributed by atoms with van der Waals surface area (Å²) < 4.78 is 22.9. The van der Waals surface area contributed by atoms with Crippen LogP contribution in [0.4, 0.5) is 0 Å². The number of ether oxygens (including phenoxy) is 4. The molecule has 2 heterocycles. The Labute approximate surface area is 539 Å². The molecule has 0 bridgehead atoms. The Morgan fingerprint density at radius 3 is 1.19 bits per heavy atom. The maximum Gasteiger partial charge on any atom is 0.220 e. The highest BCUT2D eigenvalue weighted by Gasteiger charge is 2.51. The maximum atomic E-state index is 13.3. The number of hydrogen-bond acceptors (Lipinski definition) is 13. The molecule has 0 aliphatic carbocycles. The van der Waals surface area contributed by atoms with Gasteiger partial charge < -0.3 is 65.1 Å². The van der Waals surface area contributed by atoms with Crippen molar-refractivity contribution >= 4 is 5.91 Å². The largest absolute Gasteiger partial charge is 0.394 e. The van der Waals surface area contributed by atoms with Crippen molar-refractivity contribution in [3.05, 3.63) is 134 Å². The summed E-state index contributed by atoms with van der Waals surface area (Å²) in [5, 5.41) is 87.4. The van der Waals surface area contributed by atoms with Crippen molar-refractivity contribution in [2.45, 2.75) is 312 Å². The molecular weight excluding hydrogens is 1120 g/mol. The minimum Gasteiger partial charge on any atom is -0.394 e. The van der Waals surface area contributed by atoms with Crippen LogP contribution < -0.4 is 5.32 Å². The summed E-state index contributed by atoms with van der Waals surface area (Å²) in [6.45, 7) is 2.73. The maximum absolute atomic E-state index is 13.3. The van der Waals surface area contributed by atoms with E-state index in [0.29, 0.717) is 12.8 Å². The van der Waals surface area contributed by atoms with Gasteiger partial charge in [0.15, 0.2) is 12.6 Å². The van der Waals surface area contributed by atoms with Gasteiger partial charge in [0.1, 0.15) is 48.8 Å². The molecule has 14 nitrogen and oxygen atoms in total. The highest BCUT2D eigenvalue weighted by molar-refractivity contribution is 5.76. The molecule has 89 heavy (non-hydrogen) atoms. The van der Waals surface area contributed by atoms with Gasteiger partial charge in [0.25, 0.3) is 0 Å². The molecule has 12 unspecified atom stereocenters. The fraction of sp³-hybridized carbons (Fsp3) is 0.693. The number of aliphatic hydroxyl groups is 8. The topological polar surface area (TPSA) is 228 Å². The predicted octanol–water partition coefficient (Wildman–Crippen LogP) is 14.3. The van der Waals surface area contributed by atoms with Crippen LogP contribution in [-0.2, 0) is 23.7 Å². The normalized spacial score (nSPS) is 23.9. The van der Waals surface area contributed by atoms with Gasteiger partial charge in [-0.2, -0.15) is 0 Å². The number of carbonyl (C=O) groups is 1. The third kappa shape index (κ3) is 42.1. The number of rotatable bonds is 55. The first-order valence-electron chi connectivity index (χ1n) is 34.9. The number of hydrogen-bond donors (Lipinski definition) is 9. The first-order chi connectivity index (χ1) is 43.6. The zero-order chi connectivity index (χ0) is 64.5. The van der Waals surface area contributed by atoms with E-state index in [1.807, 2.05) is 0 Å². The molecule has 0 radical (unpaired) electrons. The minimum absolute atomic E-state index is 0.223. The van der Waals surface area contributed by atoms with Crippen LogP contribution in [0.1, 0.15) is 239 Å². The van der Waals surface area contributed by atoms with Gasteiger partial charge in [-0.3, -0.25) is 4.79 Å². The highest BCUT2D eigenvalue weighted by atomic mass is 16.7. The summed E-state index contributed by atoms with van der Waals surface area (Å²) in [6.07, 6.45) is 68.9. The third-order valence-electron chi connectivity index (χ3n) is 16.1. The van der Waals surface area contributed by atoms with Crippen LogP contribution in [0.2, 0.25) is 0 Å². The molecule has 2 fully saturated rings. The Balaban J connectivity index is 1.62. The van der Waals surface area contributed by atoms with E-state index in [2.05, 4.69) is 153 Å². The van der Waals surface area contributed by atoms with E-state index in [0.717, 1.165) is 135 Å². The van der Waals surface area contributed by atoms with Crippen LogP contribution in [0.25, 0.3) is 0 Å². The Bertz CT molecular complexity index is 2010. The van der Waals surface area contributed by atoms with Gasteiger partial charge in [0, 0.05) is 6.42 Å². The van der Waals surface area contributed by atoms with Crippen molar-refractivity contribution in [3.63, 3.8) is 0 Å². The number of amides is 1. The van der Waals surface area contributed by atoms with E-state index in [9.17, 15) is 45.6 Å². The van der Waals surface area contributed by atoms with E-state index in [4.69, 9.17) is 18.9 Å². The van der Waals surface area contributed by atoms with Crippen molar-refractivity contribution in [1.29, 1.82) is 0 Å². The molecule has 2 saturated heterocycles. The molecule has 14 heteroatoms. The SMILES string of the molecule is CC/C=C\C/C=C\C/C=C\C/C=C\C/C=C\C/C=C\C/C=C\C/C=C\C/C=C\C/C=C\C/C=C\CCCCCCCCCC(=O)NC(COC1OC(CO)C(OC2OC(CO)C(O)C(O)C2O)C(O)C1O)C(O)CCCCCCCCCCCCCCCC. The molecule has 9 N–H and O–H groups in total. The second-order valence-corrected chi connectivity index (χ2v) is 23.9. The first kappa shape index (κ1) is 81.2. The van der Waals surface area contributed by atoms with Gasteiger partial charge in [-0.05, 0) is 96.3 Å². The zero-order valence-electron chi connectivity index (χ0n) is 55.1. The van der Waals surface area contributed by atoms with Gasteiger partial charge in [-0.1, -0.05) is 270 Å². The van der Waals surface area contributed by atoms with Crippen molar-refractivity contribution in [1.82, 2.24) is 5.32 Å². The fourth-order valence-corrected chi connectivity index (χ4v) is 10.6. The summed E-state index contributed by atoms with van der Waals surface area (Å²) in [7, 11) is 0. The Kier molecular flexibility index (Phi) is 52.9. The second-order valence-electron chi connectivity index (χ2n) is 23.9. The van der Waals surface area contributed by atoms with Gasteiger partial charge in [0.2, 0.25) is 5.91 Å². The first-order valence-corrected chi connectivity index (χ1v) is 34.9. The molecule has 0 spiro atoms. The summed E-state index contributed by atoms with van der Waals surface area (Å²) in [4.78, 5) is 13.3. The van der Waals surface area contributed by atoms with E-state index in [-0.39, 0.29) is 18.9 Å². The average molecular weight is 1250 g/mol. The lowest BCUT2D eigenvalue weighted by Crippen LogP contribution is -2.65. The molecule has 0 aromatic rings. The summed E-state index contributed by atoms with van der Waals surface area (Å²) >= 11 is 0. The molecule has 2 aliphatic heterocycles. The predicted molar refractivity (Wildman–Crippen MR) is 364 cm³/mol. The monoisotopic (exact) mass is 1250 g/mol. The minimum atomic E-state index is -1.79. The molecule has 1 amide bonds. The lowest BCUT2D eigenvalue weighted by Gasteiger charge is -2.46. The third-order valence-corrected chi connectivity index (χ3v) is 16.1. The van der Waals surface area contributed by atoms with Crippen LogP contribution in [0.15, 0.2) is 134 Å². The Morgan fingerprint density at radius 1 is 0.416 bits per heavy atom. The smallest absolute Gasteiger partial charge is 0.220 e. The molecular formula is C75H125NO13. The van der Waals surface area contributed by atoms with Gasteiger partial charge in [-0.15, -0.1) is 0 Å². The zero-order valence-corrected chi connectivity index (χ0v) is 55.1. The molecule has 508 valence electrons. The van der Waals surface area contributed by atoms with Crippen molar-refractivity contribution in [3.8, 4) is 0 Å². The number of nitrogens with one attached hydrogen (secondary N) is 1. The number of unbranched alkanes of at least 4 members (excludes halogenated alkanes) is 20. The van der Waals surface area contributed by atoms with E-state index >= 15 is 0 Å². The van der Waals surface area contributed by atoms with Crippen molar-refractivity contribution in [2.24, 2.45) is 0 Å². The molecule has 0 saturated carbocycles. The molecule has 0 aromatic heterocycles. The van der Waals surface area contributed by atoms with Crippen LogP contribution >= 0.6 is 0 Å². The van der Waals surface area contributed by atoms with Crippen LogP contribution in [0, 0.1) is 0 Å². The Morgan fingerprint density at radius 2 is 0.775 bits per heavy atom. The van der Waals surface area contributed by atoms with Crippen LogP contribution in [0.5, 0.6) is 0 Å². The standard InChI is InChI=1S/C75H125NO13/c1-3-5-7-9-11-13-15-17-19-20-21-22-23-24-25-26-27-28-29-30-31-32-33-34-35-36-37-38-39-40-41-42-43-44-45-47-49-51-53-55-57-59-67(80)76-63(64(79)58-56-54-52-50-48-46-18-16-14-12-10-8-6-4-2)62-86-74-72(85)70(83)73(66(61-78)88-74)89-75-71(84)69(82)68(81)65(60-77)87-75/h5,7,11,13,17,19,21-22,24-25,27-28,30-31,33-34,36-37,39-40,42-43,63-66,68-75,77-79,81-85H,3-4,6,8-10,12,14-16,18,20,23,26,29,32,35,38,41,44-62H2,1-2H3,(H,76,80)/b7-5-,13-11-,19-17-,22-21-,25-24-,28-27-,31-30-,34-33-,37-36-,40-39-,43-42-. The summed E-state index contributed by atoms with van der Waals surface area (Å²) in [5.74, 6) is -0.223. The molecule has 2 aliphatic rings. The number of allylic oxidation sites excluding steroid dienone is 22. The average Bonchev–Trinajstić information content (AvgIpc) is 2.74. The van der Waals surface area contributed by atoms with E-state index in [1.54, 1.807) is 0 Å². The molecule has 2 rings (SSSR count). The fourth-order valence-electron chi connectivity index (χ4n) is 10.6. The number of carbonyl (C=O) groups excluding carboxylic acids is 1. The lowest BCUT2D eigenvalue weighted by molar-refractivity contribution is -0.359. The van der Waals surface area contributed by atoms with Crippen LogP contribution in [-0.4, -0.2) is 140 Å². The van der Waals surface area contributed by atoms with E-state index in [1.165, 1.54) is 70.6 Å². The van der Waals surface area contributed by atoms with Gasteiger partial charge in [0.05, 0.1) is 32.0 Å². The van der Waals surface area contributed by atoms with E-state index < -0.39 is 86.8 Å².